The van der Waals surface area contributed by atoms with E-state index in [4.69, 9.17) is 9.47 Å². The molecule has 0 aliphatic carbocycles. The Hall–Kier alpha value is -2.57. The lowest BCUT2D eigenvalue weighted by Gasteiger charge is -2.35. The maximum atomic E-state index is 12.6. The van der Waals surface area contributed by atoms with Crippen LogP contribution in [-0.2, 0) is 9.53 Å². The summed E-state index contributed by atoms with van der Waals surface area (Å²) >= 11 is 0. The van der Waals surface area contributed by atoms with Gasteiger partial charge in [0.15, 0.2) is 0 Å². The number of esters is 1. The van der Waals surface area contributed by atoms with Crippen molar-refractivity contribution in [1.29, 1.82) is 0 Å². The molecular formula is C18H24N2O5. The molecule has 7 heteroatoms. The van der Waals surface area contributed by atoms with E-state index in [0.29, 0.717) is 37.5 Å². The van der Waals surface area contributed by atoms with Crippen LogP contribution in [0.1, 0.15) is 38.1 Å². The molecule has 0 unspecified atom stereocenters. The number of rotatable bonds is 2. The predicted octanol–water partition coefficient (Wildman–Crippen LogP) is 2.30. The van der Waals surface area contributed by atoms with Crippen molar-refractivity contribution in [3.05, 3.63) is 29.8 Å². The smallest absolute Gasteiger partial charge is 0.410 e. The maximum Gasteiger partial charge on any atom is 0.410 e. The van der Waals surface area contributed by atoms with Crippen molar-refractivity contribution in [3.63, 3.8) is 0 Å². The third-order valence-corrected chi connectivity index (χ3v) is 3.56. The summed E-state index contributed by atoms with van der Waals surface area (Å²) in [6, 6.07) is 6.51. The molecule has 1 saturated heterocycles. The number of nitrogens with zero attached hydrogens (tertiary/aromatic N) is 2. The number of hydrogen-bond acceptors (Lipinski definition) is 5. The monoisotopic (exact) mass is 348 g/mol. The van der Waals surface area contributed by atoms with Crippen LogP contribution in [0.25, 0.3) is 0 Å². The van der Waals surface area contributed by atoms with Crippen molar-refractivity contribution in [2.45, 2.75) is 33.3 Å². The van der Waals surface area contributed by atoms with Crippen LogP contribution in [0.2, 0.25) is 0 Å². The number of amides is 2. The van der Waals surface area contributed by atoms with Crippen molar-refractivity contribution in [3.8, 4) is 5.75 Å². The van der Waals surface area contributed by atoms with E-state index >= 15 is 0 Å². The third kappa shape index (κ3) is 5.48. The highest BCUT2D eigenvalue weighted by Crippen LogP contribution is 2.17. The van der Waals surface area contributed by atoms with Gasteiger partial charge in [0, 0.05) is 38.7 Å². The Bertz CT molecular complexity index is 658. The molecule has 0 atom stereocenters. The highest BCUT2D eigenvalue weighted by atomic mass is 16.6. The molecule has 1 aliphatic rings. The fraction of sp³-hybridized carbons (Fsp3) is 0.500. The lowest BCUT2D eigenvalue weighted by atomic mass is 10.1. The SMILES string of the molecule is CC(=O)Oc1cccc(C(=O)N2CCN(C(=O)OC(C)(C)C)CC2)c1. The molecule has 1 heterocycles. The number of carbonyl (C=O) groups excluding carboxylic acids is 3. The average Bonchev–Trinajstić information content (AvgIpc) is 2.52. The summed E-state index contributed by atoms with van der Waals surface area (Å²) < 4.78 is 10.4. The van der Waals surface area contributed by atoms with E-state index in [9.17, 15) is 14.4 Å². The summed E-state index contributed by atoms with van der Waals surface area (Å²) in [5.74, 6) is -0.251. The first-order chi connectivity index (χ1) is 11.7. The fourth-order valence-electron chi connectivity index (χ4n) is 2.46. The van der Waals surface area contributed by atoms with Gasteiger partial charge < -0.3 is 19.3 Å². The largest absolute Gasteiger partial charge is 0.444 e. The van der Waals surface area contributed by atoms with Gasteiger partial charge in [-0.05, 0) is 39.0 Å². The summed E-state index contributed by atoms with van der Waals surface area (Å²) in [6.45, 7) is 8.47. The number of hydrogen-bond donors (Lipinski definition) is 0. The first-order valence-corrected chi connectivity index (χ1v) is 8.21. The minimum atomic E-state index is -0.540. The van der Waals surface area contributed by atoms with E-state index in [1.807, 2.05) is 20.8 Å². The van der Waals surface area contributed by atoms with Crippen LogP contribution < -0.4 is 4.74 Å². The molecule has 0 saturated carbocycles. The number of ether oxygens (including phenoxy) is 2. The van der Waals surface area contributed by atoms with Crippen LogP contribution in [0, 0.1) is 0 Å². The zero-order valence-electron chi connectivity index (χ0n) is 15.1. The van der Waals surface area contributed by atoms with Gasteiger partial charge in [0.05, 0.1) is 0 Å². The third-order valence-electron chi connectivity index (χ3n) is 3.56. The van der Waals surface area contributed by atoms with E-state index < -0.39 is 11.6 Å². The van der Waals surface area contributed by atoms with Crippen molar-refractivity contribution in [2.75, 3.05) is 26.2 Å². The quantitative estimate of drug-likeness (QED) is 0.605. The Labute approximate surface area is 147 Å². The molecule has 0 N–H and O–H groups in total. The molecule has 2 rings (SSSR count). The van der Waals surface area contributed by atoms with Gasteiger partial charge in [0.1, 0.15) is 11.4 Å². The standard InChI is InChI=1S/C18H24N2O5/c1-13(21)24-15-7-5-6-14(12-15)16(22)19-8-10-20(11-9-19)17(23)25-18(2,3)4/h5-7,12H,8-11H2,1-4H3. The summed E-state index contributed by atoms with van der Waals surface area (Å²) in [6.07, 6.45) is -0.364. The molecule has 136 valence electrons. The summed E-state index contributed by atoms with van der Waals surface area (Å²) in [7, 11) is 0. The van der Waals surface area contributed by atoms with Crippen LogP contribution in [0.5, 0.6) is 5.75 Å². The zero-order chi connectivity index (χ0) is 18.6. The normalized spacial score (nSPS) is 14.9. The van der Waals surface area contributed by atoms with Gasteiger partial charge in [-0.2, -0.15) is 0 Å². The second kappa shape index (κ2) is 7.55. The number of carbonyl (C=O) groups is 3. The van der Waals surface area contributed by atoms with Crippen LogP contribution in [-0.4, -0.2) is 59.5 Å². The fourth-order valence-corrected chi connectivity index (χ4v) is 2.46. The number of piperazine rings is 1. The van der Waals surface area contributed by atoms with Gasteiger partial charge in [-0.3, -0.25) is 9.59 Å². The van der Waals surface area contributed by atoms with Crippen molar-refractivity contribution in [2.24, 2.45) is 0 Å². The van der Waals surface area contributed by atoms with E-state index in [0.717, 1.165) is 0 Å². The molecule has 0 radical (unpaired) electrons. The lowest BCUT2D eigenvalue weighted by molar-refractivity contribution is -0.131. The molecule has 25 heavy (non-hydrogen) atoms. The molecular weight excluding hydrogens is 324 g/mol. The van der Waals surface area contributed by atoms with Gasteiger partial charge >= 0.3 is 12.1 Å². The van der Waals surface area contributed by atoms with Crippen molar-refractivity contribution < 1.29 is 23.9 Å². The van der Waals surface area contributed by atoms with Gasteiger partial charge in [-0.25, -0.2) is 4.79 Å². The van der Waals surface area contributed by atoms with E-state index in [-0.39, 0.29) is 12.0 Å². The Balaban J connectivity index is 1.95. The van der Waals surface area contributed by atoms with Crippen molar-refractivity contribution in [1.82, 2.24) is 9.80 Å². The highest BCUT2D eigenvalue weighted by molar-refractivity contribution is 5.95. The van der Waals surface area contributed by atoms with E-state index in [1.165, 1.54) is 6.92 Å². The Morgan fingerprint density at radius 3 is 2.16 bits per heavy atom. The van der Waals surface area contributed by atoms with Crippen LogP contribution in [0.4, 0.5) is 4.79 Å². The molecule has 0 aromatic heterocycles. The Morgan fingerprint density at radius 2 is 1.60 bits per heavy atom. The van der Waals surface area contributed by atoms with E-state index in [2.05, 4.69) is 0 Å². The molecule has 1 aromatic rings. The first kappa shape index (κ1) is 18.8. The van der Waals surface area contributed by atoms with Gasteiger partial charge in [-0.1, -0.05) is 6.07 Å². The van der Waals surface area contributed by atoms with Crippen molar-refractivity contribution >= 4 is 18.0 Å². The summed E-state index contributed by atoms with van der Waals surface area (Å²) in [5, 5.41) is 0. The summed E-state index contributed by atoms with van der Waals surface area (Å²) in [5.41, 5.74) is -0.0919. The molecule has 0 bridgehead atoms. The Kier molecular flexibility index (Phi) is 5.66. The molecule has 7 nitrogen and oxygen atoms in total. The van der Waals surface area contributed by atoms with Crippen LogP contribution >= 0.6 is 0 Å². The van der Waals surface area contributed by atoms with Gasteiger partial charge in [0.25, 0.3) is 5.91 Å². The molecule has 0 spiro atoms. The maximum absolute atomic E-state index is 12.6. The second-order valence-electron chi connectivity index (χ2n) is 6.88. The lowest BCUT2D eigenvalue weighted by Crippen LogP contribution is -2.51. The topological polar surface area (TPSA) is 76.2 Å². The molecule has 1 aliphatic heterocycles. The minimum absolute atomic E-state index is 0.155. The predicted molar refractivity (Wildman–Crippen MR) is 91.5 cm³/mol. The highest BCUT2D eigenvalue weighted by Gasteiger charge is 2.28. The van der Waals surface area contributed by atoms with Crippen LogP contribution in [0.3, 0.4) is 0 Å². The van der Waals surface area contributed by atoms with Crippen LogP contribution in [0.15, 0.2) is 24.3 Å². The van der Waals surface area contributed by atoms with E-state index in [1.54, 1.807) is 34.1 Å². The van der Waals surface area contributed by atoms with Gasteiger partial charge in [-0.15, -0.1) is 0 Å². The van der Waals surface area contributed by atoms with Gasteiger partial charge in [0.2, 0.25) is 0 Å². The summed E-state index contributed by atoms with van der Waals surface area (Å²) in [4.78, 5) is 39.0. The second-order valence-corrected chi connectivity index (χ2v) is 6.88. The first-order valence-electron chi connectivity index (χ1n) is 8.21. The Morgan fingerprint density at radius 1 is 1.00 bits per heavy atom. The minimum Gasteiger partial charge on any atom is -0.444 e. The number of benzene rings is 1. The molecule has 1 aromatic carbocycles. The molecule has 1 fully saturated rings. The average molecular weight is 348 g/mol. The molecule has 2 amide bonds. The zero-order valence-corrected chi connectivity index (χ0v) is 15.1.